The fourth-order valence-corrected chi connectivity index (χ4v) is 6.77. The summed E-state index contributed by atoms with van der Waals surface area (Å²) in [5, 5.41) is 28.4. The van der Waals surface area contributed by atoms with Crippen LogP contribution in [-0.4, -0.2) is 111 Å². The molecule has 6 rings (SSSR count). The molecule has 3 atom stereocenters. The van der Waals surface area contributed by atoms with Crippen molar-refractivity contribution in [1.29, 1.82) is 0 Å². The van der Waals surface area contributed by atoms with Gasteiger partial charge in [0, 0.05) is 66.7 Å². The number of carbonyl (C=O) groups is 4. The van der Waals surface area contributed by atoms with Gasteiger partial charge in [-0.05, 0) is 75.2 Å². The number of aliphatic carboxylic acids is 2. The third kappa shape index (κ3) is 11.0. The van der Waals surface area contributed by atoms with E-state index in [0.29, 0.717) is 43.6 Å². The van der Waals surface area contributed by atoms with E-state index in [1.54, 1.807) is 18.2 Å². The van der Waals surface area contributed by atoms with Crippen molar-refractivity contribution >= 4 is 40.9 Å². The number of hydrogen-bond acceptors (Lipinski definition) is 10. The van der Waals surface area contributed by atoms with Crippen molar-refractivity contribution in [2.75, 3.05) is 38.0 Å². The summed E-state index contributed by atoms with van der Waals surface area (Å²) in [5.41, 5.74) is 1.99. The first kappa shape index (κ1) is 45.1. The number of carboxylic acids is 2. The van der Waals surface area contributed by atoms with Crippen LogP contribution in [0.1, 0.15) is 42.6 Å². The van der Waals surface area contributed by atoms with Gasteiger partial charge in [0.2, 0.25) is 11.7 Å². The molecule has 22 heteroatoms. The number of amides is 2. The molecular formula is C38H41F7N8O7. The second-order valence-electron chi connectivity index (χ2n) is 14.1. The van der Waals surface area contributed by atoms with Gasteiger partial charge in [-0.1, -0.05) is 6.92 Å². The van der Waals surface area contributed by atoms with Crippen molar-refractivity contribution in [1.82, 2.24) is 35.2 Å². The molecule has 60 heavy (non-hydrogen) atoms. The number of alkyl halides is 5. The van der Waals surface area contributed by atoms with Crippen molar-refractivity contribution in [3.05, 3.63) is 71.7 Å². The monoisotopic (exact) mass is 854 g/mol. The molecule has 2 fully saturated rings. The van der Waals surface area contributed by atoms with E-state index in [0.717, 1.165) is 30.8 Å². The first-order chi connectivity index (χ1) is 28.4. The molecule has 0 saturated carbocycles. The molecule has 4 aromatic rings. The molecule has 4 heterocycles. The van der Waals surface area contributed by atoms with Gasteiger partial charge >= 0.3 is 24.7 Å². The normalized spacial score (nSPS) is 17.6. The Morgan fingerprint density at radius 2 is 1.73 bits per heavy atom. The minimum Gasteiger partial charge on any atom is -0.480 e. The van der Waals surface area contributed by atoms with Gasteiger partial charge in [0.25, 0.3) is 5.91 Å². The van der Waals surface area contributed by atoms with E-state index in [1.807, 2.05) is 13.8 Å². The van der Waals surface area contributed by atoms with Gasteiger partial charge in [-0.25, -0.2) is 19.2 Å². The van der Waals surface area contributed by atoms with Gasteiger partial charge in [0.1, 0.15) is 6.04 Å². The number of halogens is 7. The Balaban J connectivity index is 0.000000896. The molecule has 0 bridgehead atoms. The second kappa shape index (κ2) is 19.4. The SMILES string of the molecule is CCc1cc(Nc2nccn3c(-c4ccc(OC(F)F)c(F)c4F)cnc23)ccc1C(=O)N[C@@H](C)CNC(=O)C1CCN(CC2CNC2C(=O)O)CC1.O=C(O)C(F)(F)F. The third-order valence-electron chi connectivity index (χ3n) is 9.95. The first-order valence-corrected chi connectivity index (χ1v) is 18.6. The van der Waals surface area contributed by atoms with Crippen LogP contribution in [0.4, 0.5) is 42.2 Å². The summed E-state index contributed by atoms with van der Waals surface area (Å²) in [4.78, 5) is 57.2. The summed E-state index contributed by atoms with van der Waals surface area (Å²) in [6.45, 7) is 3.50. The van der Waals surface area contributed by atoms with Crippen LogP contribution < -0.4 is 26.0 Å². The van der Waals surface area contributed by atoms with Gasteiger partial charge < -0.3 is 41.1 Å². The molecular weight excluding hydrogens is 813 g/mol. The lowest BCUT2D eigenvalue weighted by Crippen LogP contribution is -2.61. The summed E-state index contributed by atoms with van der Waals surface area (Å²) in [6, 6.07) is 6.35. The molecule has 0 spiro atoms. The molecule has 6 N–H and O–H groups in total. The predicted molar refractivity (Wildman–Crippen MR) is 200 cm³/mol. The number of rotatable bonds is 14. The van der Waals surface area contributed by atoms with Gasteiger partial charge in [0.15, 0.2) is 23.0 Å². The molecule has 15 nitrogen and oxygen atoms in total. The molecule has 2 aromatic carbocycles. The van der Waals surface area contributed by atoms with Crippen molar-refractivity contribution in [2.45, 2.75) is 58.0 Å². The Morgan fingerprint density at radius 3 is 2.33 bits per heavy atom. The van der Waals surface area contributed by atoms with Gasteiger partial charge in [-0.3, -0.25) is 18.8 Å². The highest BCUT2D eigenvalue weighted by atomic mass is 19.4. The maximum absolute atomic E-state index is 14.9. The fraction of sp³-hybridized carbons (Fsp3) is 0.421. The van der Waals surface area contributed by atoms with Crippen LogP contribution in [-0.2, 0) is 20.8 Å². The number of likely N-dealkylation sites (tertiary alicyclic amines) is 1. The molecule has 2 unspecified atom stereocenters. The molecule has 324 valence electrons. The number of nitrogens with one attached hydrogen (secondary N) is 4. The number of carbonyl (C=O) groups excluding carboxylic acids is 2. The minimum atomic E-state index is -5.08. The average Bonchev–Trinajstić information content (AvgIpc) is 3.62. The summed E-state index contributed by atoms with van der Waals surface area (Å²) in [6.07, 6.45) is 1.04. The van der Waals surface area contributed by atoms with E-state index in [-0.39, 0.29) is 59.0 Å². The molecule has 2 aliphatic heterocycles. The second-order valence-corrected chi connectivity index (χ2v) is 14.1. The summed E-state index contributed by atoms with van der Waals surface area (Å²) in [7, 11) is 0. The van der Waals surface area contributed by atoms with E-state index in [1.165, 1.54) is 23.0 Å². The Bertz CT molecular complexity index is 2200. The zero-order valence-electron chi connectivity index (χ0n) is 32.0. The highest BCUT2D eigenvalue weighted by Gasteiger charge is 2.39. The average molecular weight is 855 g/mol. The number of fused-ring (bicyclic) bond motifs is 1. The Morgan fingerprint density at radius 1 is 1.03 bits per heavy atom. The number of piperidine rings is 1. The first-order valence-electron chi connectivity index (χ1n) is 18.6. The number of aryl methyl sites for hydroxylation is 1. The zero-order chi connectivity index (χ0) is 43.9. The topological polar surface area (TPSA) is 200 Å². The van der Waals surface area contributed by atoms with Crippen LogP contribution in [0.25, 0.3) is 16.9 Å². The molecule has 0 radical (unpaired) electrons. The van der Waals surface area contributed by atoms with Crippen LogP contribution in [0.2, 0.25) is 0 Å². The number of hydrogen-bond donors (Lipinski definition) is 6. The lowest BCUT2D eigenvalue weighted by molar-refractivity contribution is -0.192. The number of ether oxygens (including phenoxy) is 1. The predicted octanol–water partition coefficient (Wildman–Crippen LogP) is 4.83. The van der Waals surface area contributed by atoms with Crippen LogP contribution in [0, 0.1) is 23.5 Å². The number of carboxylic acid groups (broad SMARTS) is 2. The van der Waals surface area contributed by atoms with E-state index >= 15 is 0 Å². The molecule has 2 saturated heterocycles. The third-order valence-corrected chi connectivity index (χ3v) is 9.95. The summed E-state index contributed by atoms with van der Waals surface area (Å²) >= 11 is 0. The lowest BCUT2D eigenvalue weighted by atomic mass is 9.89. The van der Waals surface area contributed by atoms with Crippen LogP contribution in [0.15, 0.2) is 48.9 Å². The Kier molecular flexibility index (Phi) is 14.5. The summed E-state index contributed by atoms with van der Waals surface area (Å²) < 4.78 is 91.8. The van der Waals surface area contributed by atoms with E-state index in [4.69, 9.17) is 9.90 Å². The van der Waals surface area contributed by atoms with E-state index in [9.17, 15) is 50.2 Å². The number of benzene rings is 2. The quantitative estimate of drug-likeness (QED) is 0.0946. The largest absolute Gasteiger partial charge is 0.490 e. The Hall–Kier alpha value is -6.03. The zero-order valence-corrected chi connectivity index (χ0v) is 32.0. The van der Waals surface area contributed by atoms with Crippen LogP contribution >= 0.6 is 0 Å². The Labute approximate surface area is 337 Å². The van der Waals surface area contributed by atoms with Crippen LogP contribution in [0.3, 0.4) is 0 Å². The molecule has 0 aliphatic carbocycles. The van der Waals surface area contributed by atoms with E-state index < -0.39 is 48.2 Å². The van der Waals surface area contributed by atoms with E-state index in [2.05, 4.69) is 40.9 Å². The molecule has 2 aliphatic rings. The minimum absolute atomic E-state index is 0.0629. The van der Waals surface area contributed by atoms with Crippen molar-refractivity contribution in [2.24, 2.45) is 11.8 Å². The number of aromatic nitrogens is 3. The number of imidazole rings is 1. The van der Waals surface area contributed by atoms with Gasteiger partial charge in [-0.15, -0.1) is 0 Å². The fourth-order valence-electron chi connectivity index (χ4n) is 6.77. The standard InChI is InChI=1S/C36H40F4N8O5.C2HF3O2/c1-3-20-14-23(46-31-32-43-17-26(48(32)13-10-41-31)25-6-7-27(53-36(39)40)29(38)28(25)37)4-5-24(20)34(50)45-19(2)15-44-33(49)21-8-11-47(12-9-21)18-22-16-42-30(22)35(51)52;3-2(4,5)1(6)7/h4-7,10,13-14,17,19,21-22,30,36,42H,3,8-9,11-12,15-16,18H2,1-2H3,(H,41,46)(H,44,49)(H,45,50)(H,51,52);(H,6,7)/t19-,22?,30?;/m0./s1. The smallest absolute Gasteiger partial charge is 0.480 e. The highest BCUT2D eigenvalue weighted by molar-refractivity contribution is 5.96. The highest BCUT2D eigenvalue weighted by Crippen LogP contribution is 2.32. The van der Waals surface area contributed by atoms with Crippen molar-refractivity contribution < 1.29 is 64.9 Å². The molecule has 2 amide bonds. The summed E-state index contributed by atoms with van der Waals surface area (Å²) in [5.74, 6) is -7.57. The van der Waals surface area contributed by atoms with Crippen molar-refractivity contribution in [3.8, 4) is 17.0 Å². The maximum Gasteiger partial charge on any atom is 0.490 e. The lowest BCUT2D eigenvalue weighted by Gasteiger charge is -2.40. The maximum atomic E-state index is 14.9. The van der Waals surface area contributed by atoms with Crippen molar-refractivity contribution in [3.63, 3.8) is 0 Å². The van der Waals surface area contributed by atoms with Gasteiger partial charge in [0.05, 0.1) is 11.9 Å². The van der Waals surface area contributed by atoms with Gasteiger partial charge in [-0.2, -0.15) is 26.3 Å². The molecule has 2 aromatic heterocycles. The van der Waals surface area contributed by atoms with Crippen LogP contribution in [0.5, 0.6) is 5.75 Å². The number of nitrogens with zero attached hydrogens (tertiary/aromatic N) is 4. The number of anilines is 2.